The van der Waals surface area contributed by atoms with E-state index in [1.165, 1.54) is 11.5 Å². The van der Waals surface area contributed by atoms with Crippen molar-refractivity contribution in [1.82, 2.24) is 14.5 Å². The van der Waals surface area contributed by atoms with Crippen LogP contribution in [-0.4, -0.2) is 60.5 Å². The van der Waals surface area contributed by atoms with E-state index in [9.17, 15) is 0 Å². The van der Waals surface area contributed by atoms with Crippen LogP contribution in [0.1, 0.15) is 26.5 Å². The molecule has 116 valence electrons. The number of anilines is 1. The van der Waals surface area contributed by atoms with E-state index in [4.69, 9.17) is 9.47 Å². The summed E-state index contributed by atoms with van der Waals surface area (Å²) in [6, 6.07) is 0. The van der Waals surface area contributed by atoms with E-state index in [1.807, 2.05) is 13.8 Å². The molecule has 0 aliphatic carbocycles. The summed E-state index contributed by atoms with van der Waals surface area (Å²) in [7, 11) is 0. The molecule has 6 nitrogen and oxygen atoms in total. The van der Waals surface area contributed by atoms with Gasteiger partial charge in [0.1, 0.15) is 10.7 Å². The number of rotatable bonds is 12. The van der Waals surface area contributed by atoms with Gasteiger partial charge in [-0.1, -0.05) is 4.49 Å². The molecule has 7 heteroatoms. The molecule has 0 aliphatic rings. The Hall–Kier alpha value is -0.760. The second-order valence-electron chi connectivity index (χ2n) is 4.25. The molecule has 1 heterocycles. The van der Waals surface area contributed by atoms with Gasteiger partial charge in [0.05, 0.1) is 13.2 Å². The van der Waals surface area contributed by atoms with Crippen molar-refractivity contribution in [3.05, 3.63) is 5.69 Å². The second kappa shape index (κ2) is 11.0. The molecule has 0 saturated heterocycles. The zero-order valence-corrected chi connectivity index (χ0v) is 13.5. The van der Waals surface area contributed by atoms with Crippen molar-refractivity contribution in [1.29, 1.82) is 0 Å². The molecule has 0 bridgehead atoms. The van der Waals surface area contributed by atoms with Crippen LogP contribution in [0.25, 0.3) is 0 Å². The van der Waals surface area contributed by atoms with Gasteiger partial charge in [0.15, 0.2) is 0 Å². The Kier molecular flexibility index (Phi) is 9.48. The highest BCUT2D eigenvalue weighted by atomic mass is 32.1. The van der Waals surface area contributed by atoms with Crippen LogP contribution in [0, 0.1) is 0 Å². The number of ether oxygens (including phenoxy) is 2. The highest BCUT2D eigenvalue weighted by Crippen LogP contribution is 2.18. The summed E-state index contributed by atoms with van der Waals surface area (Å²) in [6.07, 6.45) is 0. The molecule has 0 amide bonds. The summed E-state index contributed by atoms with van der Waals surface area (Å²) in [4.78, 5) is 2.29. The molecule has 1 aromatic rings. The van der Waals surface area contributed by atoms with Gasteiger partial charge >= 0.3 is 0 Å². The fourth-order valence-corrected chi connectivity index (χ4v) is 2.41. The maximum absolute atomic E-state index is 5.44. The van der Waals surface area contributed by atoms with Crippen molar-refractivity contribution in [2.75, 3.05) is 51.4 Å². The summed E-state index contributed by atoms with van der Waals surface area (Å²) in [5, 5.41) is 8.57. The van der Waals surface area contributed by atoms with Crippen LogP contribution in [0.4, 0.5) is 5.00 Å². The maximum Gasteiger partial charge on any atom is 0.134 e. The number of nitrogens with zero attached hydrogens (tertiary/aromatic N) is 3. The summed E-state index contributed by atoms with van der Waals surface area (Å²) in [6.45, 7) is 12.5. The van der Waals surface area contributed by atoms with E-state index in [1.54, 1.807) is 0 Å². The highest BCUT2D eigenvalue weighted by molar-refractivity contribution is 7.10. The minimum absolute atomic E-state index is 0.733. The molecule has 0 atom stereocenters. The first-order valence-electron chi connectivity index (χ1n) is 7.24. The molecule has 0 radical (unpaired) electrons. The van der Waals surface area contributed by atoms with Crippen molar-refractivity contribution in [2.24, 2.45) is 0 Å². The van der Waals surface area contributed by atoms with Gasteiger partial charge in [0.2, 0.25) is 0 Å². The standard InChI is InChI=1S/C13H26N4O2S/c1-4-14-13-12(15-16-20-13)11-17(7-9-18-5-2)8-10-19-6-3/h14H,4-11H2,1-3H3. The van der Waals surface area contributed by atoms with Crippen LogP contribution in [0.2, 0.25) is 0 Å². The van der Waals surface area contributed by atoms with Crippen LogP contribution in [0.15, 0.2) is 0 Å². The van der Waals surface area contributed by atoms with E-state index >= 15 is 0 Å². The fourth-order valence-electron chi connectivity index (χ4n) is 1.76. The second-order valence-corrected chi connectivity index (χ2v) is 5.00. The van der Waals surface area contributed by atoms with Gasteiger partial charge < -0.3 is 14.8 Å². The molecule has 0 unspecified atom stereocenters. The molecular formula is C13H26N4O2S. The van der Waals surface area contributed by atoms with Crippen molar-refractivity contribution < 1.29 is 9.47 Å². The van der Waals surface area contributed by atoms with Gasteiger partial charge in [-0.05, 0) is 20.8 Å². The SMILES string of the molecule is CCNc1snnc1CN(CCOCC)CCOCC. The number of aromatic nitrogens is 2. The normalized spacial score (nSPS) is 11.2. The summed E-state index contributed by atoms with van der Waals surface area (Å²) in [5.41, 5.74) is 1.00. The van der Waals surface area contributed by atoms with Gasteiger partial charge in [0.25, 0.3) is 0 Å². The van der Waals surface area contributed by atoms with Crippen molar-refractivity contribution in [3.8, 4) is 0 Å². The van der Waals surface area contributed by atoms with Gasteiger partial charge in [-0.2, -0.15) is 0 Å². The monoisotopic (exact) mass is 302 g/mol. The minimum atomic E-state index is 0.733. The first-order chi connectivity index (χ1) is 9.81. The third-order valence-corrected chi connectivity index (χ3v) is 3.50. The lowest BCUT2D eigenvalue weighted by Crippen LogP contribution is -2.31. The molecule has 20 heavy (non-hydrogen) atoms. The van der Waals surface area contributed by atoms with Gasteiger partial charge in [-0.3, -0.25) is 4.90 Å². The molecule has 0 spiro atoms. The van der Waals surface area contributed by atoms with Crippen LogP contribution < -0.4 is 5.32 Å². The Morgan fingerprint density at radius 3 is 2.30 bits per heavy atom. The zero-order chi connectivity index (χ0) is 14.6. The summed E-state index contributed by atoms with van der Waals surface area (Å²) < 4.78 is 14.9. The van der Waals surface area contributed by atoms with E-state index in [2.05, 4.69) is 26.7 Å². The Morgan fingerprint density at radius 1 is 1.10 bits per heavy atom. The number of hydrogen-bond acceptors (Lipinski definition) is 7. The van der Waals surface area contributed by atoms with E-state index in [0.717, 1.165) is 63.3 Å². The van der Waals surface area contributed by atoms with E-state index in [0.29, 0.717) is 0 Å². The maximum atomic E-state index is 5.44. The Morgan fingerprint density at radius 2 is 1.75 bits per heavy atom. The molecule has 1 N–H and O–H groups in total. The average Bonchev–Trinajstić information content (AvgIpc) is 2.87. The summed E-state index contributed by atoms with van der Waals surface area (Å²) in [5.74, 6) is 0. The first kappa shape index (κ1) is 17.3. The van der Waals surface area contributed by atoms with Gasteiger partial charge in [-0.15, -0.1) is 5.10 Å². The largest absolute Gasteiger partial charge is 0.380 e. The first-order valence-corrected chi connectivity index (χ1v) is 8.02. The Balaban J connectivity index is 2.50. The fraction of sp³-hybridized carbons (Fsp3) is 0.846. The van der Waals surface area contributed by atoms with Crippen LogP contribution in [-0.2, 0) is 16.0 Å². The van der Waals surface area contributed by atoms with E-state index < -0.39 is 0 Å². The molecule has 0 aromatic carbocycles. The Labute approximate surface area is 125 Å². The number of nitrogens with one attached hydrogen (secondary N) is 1. The molecule has 1 aromatic heterocycles. The predicted octanol–water partition coefficient (Wildman–Crippen LogP) is 1.84. The molecule has 1 rings (SSSR count). The lowest BCUT2D eigenvalue weighted by Gasteiger charge is -2.21. The Bertz CT molecular complexity index is 339. The molecule has 0 saturated carbocycles. The van der Waals surface area contributed by atoms with Crippen LogP contribution in [0.3, 0.4) is 0 Å². The topological polar surface area (TPSA) is 59.5 Å². The molecule has 0 aliphatic heterocycles. The van der Waals surface area contributed by atoms with Crippen molar-refractivity contribution in [2.45, 2.75) is 27.3 Å². The summed E-state index contributed by atoms with van der Waals surface area (Å²) >= 11 is 1.41. The third-order valence-electron chi connectivity index (χ3n) is 2.78. The lowest BCUT2D eigenvalue weighted by atomic mass is 10.3. The third kappa shape index (κ3) is 6.60. The quantitative estimate of drug-likeness (QED) is 0.595. The molecule has 0 fully saturated rings. The smallest absolute Gasteiger partial charge is 0.134 e. The lowest BCUT2D eigenvalue weighted by molar-refractivity contribution is 0.0793. The molecular weight excluding hydrogens is 276 g/mol. The van der Waals surface area contributed by atoms with Gasteiger partial charge in [-0.25, -0.2) is 0 Å². The average molecular weight is 302 g/mol. The zero-order valence-electron chi connectivity index (χ0n) is 12.7. The predicted molar refractivity (Wildman–Crippen MR) is 82.3 cm³/mol. The van der Waals surface area contributed by atoms with Gasteiger partial charge in [0, 0.05) is 50.9 Å². The number of hydrogen-bond donors (Lipinski definition) is 1. The van der Waals surface area contributed by atoms with Crippen molar-refractivity contribution >= 4 is 16.5 Å². The van der Waals surface area contributed by atoms with Crippen molar-refractivity contribution in [3.63, 3.8) is 0 Å². The van der Waals surface area contributed by atoms with Crippen LogP contribution >= 0.6 is 11.5 Å². The van der Waals surface area contributed by atoms with E-state index in [-0.39, 0.29) is 0 Å². The minimum Gasteiger partial charge on any atom is -0.380 e. The van der Waals surface area contributed by atoms with Crippen LogP contribution in [0.5, 0.6) is 0 Å². The highest BCUT2D eigenvalue weighted by Gasteiger charge is 2.12.